The molecule has 2 aliphatic carbocycles. The fourth-order valence-corrected chi connectivity index (χ4v) is 6.90. The Kier molecular flexibility index (Phi) is 4.89. The molecule has 3 nitrogen and oxygen atoms in total. The quantitative estimate of drug-likeness (QED) is 0.646. The van der Waals surface area contributed by atoms with Crippen LogP contribution < -0.4 is 10.2 Å². The maximum atomic E-state index is 13.7. The minimum Gasteiger partial charge on any atom is -0.355 e. The summed E-state index contributed by atoms with van der Waals surface area (Å²) in [5.74, 6) is 0.873. The van der Waals surface area contributed by atoms with Crippen LogP contribution in [0.3, 0.4) is 0 Å². The van der Waals surface area contributed by atoms with Crippen LogP contribution in [0.4, 0.5) is 5.69 Å². The number of anilines is 1. The first-order chi connectivity index (χ1) is 14.7. The molecule has 1 amide bonds. The standard InChI is InChI=1S/C27H33ClN2O/c1-17-5-7-18(8-6-17)16-30-22-10-9-21(28)13-19(22)14-23(30)24(31)29-25-26(2,3)20-11-12-27(25,4)15-20/h5-10,13,20,23,25H,11-12,14-16H2,1-4H3,(H,29,31)/t20?,23?,25?,27-/m1/s1. The van der Waals surface area contributed by atoms with Crippen molar-refractivity contribution in [3.8, 4) is 0 Å². The van der Waals surface area contributed by atoms with Gasteiger partial charge in [0, 0.05) is 29.7 Å². The average Bonchev–Trinajstić information content (AvgIpc) is 3.33. The number of hydrogen-bond acceptors (Lipinski definition) is 2. The fourth-order valence-electron chi connectivity index (χ4n) is 6.70. The van der Waals surface area contributed by atoms with Gasteiger partial charge < -0.3 is 10.2 Å². The molecule has 2 aromatic carbocycles. The van der Waals surface area contributed by atoms with Gasteiger partial charge in [-0.1, -0.05) is 62.2 Å². The third-order valence-corrected chi connectivity index (χ3v) is 8.71. The molecule has 2 saturated carbocycles. The Bertz CT molecular complexity index is 1010. The topological polar surface area (TPSA) is 32.3 Å². The Hall–Kier alpha value is -2.00. The van der Waals surface area contributed by atoms with Crippen LogP contribution in [0, 0.1) is 23.7 Å². The summed E-state index contributed by atoms with van der Waals surface area (Å²) in [6.07, 6.45) is 4.46. The minimum atomic E-state index is -0.201. The van der Waals surface area contributed by atoms with Gasteiger partial charge >= 0.3 is 0 Å². The molecule has 3 unspecified atom stereocenters. The number of rotatable bonds is 4. The van der Waals surface area contributed by atoms with E-state index < -0.39 is 0 Å². The summed E-state index contributed by atoms with van der Waals surface area (Å²) in [5.41, 5.74) is 5.14. The summed E-state index contributed by atoms with van der Waals surface area (Å²) >= 11 is 6.29. The third kappa shape index (κ3) is 3.46. The Balaban J connectivity index is 1.42. The van der Waals surface area contributed by atoms with Crippen molar-refractivity contribution in [2.45, 2.75) is 72.0 Å². The number of fused-ring (bicyclic) bond motifs is 3. The van der Waals surface area contributed by atoms with Crippen LogP contribution in [0.1, 0.15) is 56.7 Å². The lowest BCUT2D eigenvalue weighted by molar-refractivity contribution is -0.125. The lowest BCUT2D eigenvalue weighted by Crippen LogP contribution is -2.56. The number of hydrogen-bond donors (Lipinski definition) is 1. The zero-order valence-corrected chi connectivity index (χ0v) is 19.8. The smallest absolute Gasteiger partial charge is 0.243 e. The first kappa shape index (κ1) is 20.9. The van der Waals surface area contributed by atoms with Crippen molar-refractivity contribution in [2.24, 2.45) is 16.7 Å². The summed E-state index contributed by atoms with van der Waals surface area (Å²) in [6.45, 7) is 9.90. The lowest BCUT2D eigenvalue weighted by Gasteiger charge is -2.44. The molecule has 0 radical (unpaired) electrons. The Morgan fingerprint density at radius 2 is 1.90 bits per heavy atom. The normalized spacial score (nSPS) is 30.5. The van der Waals surface area contributed by atoms with E-state index in [1.807, 2.05) is 12.1 Å². The van der Waals surface area contributed by atoms with Crippen molar-refractivity contribution in [3.05, 3.63) is 64.2 Å². The Morgan fingerprint density at radius 1 is 1.16 bits per heavy atom. The van der Waals surface area contributed by atoms with E-state index in [1.54, 1.807) is 0 Å². The molecule has 2 aromatic rings. The van der Waals surface area contributed by atoms with Crippen LogP contribution in [0.2, 0.25) is 5.02 Å². The largest absolute Gasteiger partial charge is 0.355 e. The average molecular weight is 437 g/mol. The second kappa shape index (κ2) is 7.27. The van der Waals surface area contributed by atoms with Gasteiger partial charge in [-0.15, -0.1) is 0 Å². The predicted molar refractivity (Wildman–Crippen MR) is 127 cm³/mol. The van der Waals surface area contributed by atoms with E-state index in [9.17, 15) is 4.79 Å². The number of nitrogens with zero attached hydrogens (tertiary/aromatic N) is 1. The van der Waals surface area contributed by atoms with Crippen molar-refractivity contribution in [2.75, 3.05) is 4.90 Å². The van der Waals surface area contributed by atoms with E-state index >= 15 is 0 Å². The Morgan fingerprint density at radius 3 is 2.58 bits per heavy atom. The predicted octanol–water partition coefficient (Wildman–Crippen LogP) is 5.91. The van der Waals surface area contributed by atoms with Gasteiger partial charge in [0.1, 0.15) is 6.04 Å². The van der Waals surface area contributed by atoms with E-state index in [2.05, 4.69) is 68.2 Å². The molecule has 2 fully saturated rings. The monoisotopic (exact) mass is 436 g/mol. The maximum absolute atomic E-state index is 13.7. The minimum absolute atomic E-state index is 0.152. The van der Waals surface area contributed by atoms with Crippen LogP contribution in [0.5, 0.6) is 0 Å². The molecule has 0 aromatic heterocycles. The summed E-state index contributed by atoms with van der Waals surface area (Å²) in [7, 11) is 0. The summed E-state index contributed by atoms with van der Waals surface area (Å²) < 4.78 is 0. The first-order valence-corrected chi connectivity index (χ1v) is 12.0. The molecule has 1 aliphatic heterocycles. The second-order valence-electron chi connectivity index (χ2n) is 11.0. The molecule has 31 heavy (non-hydrogen) atoms. The first-order valence-electron chi connectivity index (χ1n) is 11.6. The number of benzene rings is 2. The van der Waals surface area contributed by atoms with E-state index in [-0.39, 0.29) is 28.8 Å². The molecule has 4 atom stereocenters. The van der Waals surface area contributed by atoms with Gasteiger partial charge in [0.2, 0.25) is 5.91 Å². The summed E-state index contributed by atoms with van der Waals surface area (Å²) in [4.78, 5) is 16.0. The van der Waals surface area contributed by atoms with Gasteiger partial charge in [-0.25, -0.2) is 0 Å². The number of carbonyl (C=O) groups excluding carboxylic acids is 1. The highest BCUT2D eigenvalue weighted by atomic mass is 35.5. The van der Waals surface area contributed by atoms with Crippen molar-refractivity contribution < 1.29 is 4.79 Å². The van der Waals surface area contributed by atoms with Crippen molar-refractivity contribution >= 4 is 23.2 Å². The summed E-state index contributed by atoms with van der Waals surface area (Å²) in [6, 6.07) is 14.7. The van der Waals surface area contributed by atoms with Crippen LogP contribution in [-0.4, -0.2) is 18.0 Å². The Labute approximate surface area is 191 Å². The van der Waals surface area contributed by atoms with Crippen molar-refractivity contribution in [1.82, 2.24) is 5.32 Å². The SMILES string of the molecule is Cc1ccc(CN2c3ccc(Cl)cc3CC2C(=O)NC2C(C)(C)C3CC[C@]2(C)C3)cc1. The van der Waals surface area contributed by atoms with E-state index in [0.717, 1.165) is 22.8 Å². The van der Waals surface area contributed by atoms with Gasteiger partial charge in [0.05, 0.1) is 0 Å². The molecule has 1 N–H and O–H groups in total. The molecule has 2 bridgehead atoms. The number of aryl methyl sites for hydroxylation is 1. The van der Waals surface area contributed by atoms with E-state index in [0.29, 0.717) is 12.3 Å². The molecule has 4 heteroatoms. The van der Waals surface area contributed by atoms with Crippen LogP contribution >= 0.6 is 11.6 Å². The zero-order chi connectivity index (χ0) is 22.0. The van der Waals surface area contributed by atoms with Gasteiger partial charge in [0.25, 0.3) is 0 Å². The summed E-state index contributed by atoms with van der Waals surface area (Å²) in [5, 5.41) is 4.28. The number of amides is 1. The third-order valence-electron chi connectivity index (χ3n) is 8.47. The molecule has 3 aliphatic rings. The van der Waals surface area contributed by atoms with E-state index in [4.69, 9.17) is 11.6 Å². The molecule has 0 saturated heterocycles. The zero-order valence-electron chi connectivity index (χ0n) is 19.0. The van der Waals surface area contributed by atoms with Crippen molar-refractivity contribution in [3.63, 3.8) is 0 Å². The molecule has 5 rings (SSSR count). The molecular formula is C27H33ClN2O. The van der Waals surface area contributed by atoms with Gasteiger partial charge in [-0.2, -0.15) is 0 Å². The van der Waals surface area contributed by atoms with Gasteiger partial charge in [-0.05, 0) is 72.3 Å². The van der Waals surface area contributed by atoms with Crippen LogP contribution in [-0.2, 0) is 17.8 Å². The highest BCUT2D eigenvalue weighted by Crippen LogP contribution is 2.62. The molecule has 1 heterocycles. The highest BCUT2D eigenvalue weighted by molar-refractivity contribution is 6.30. The van der Waals surface area contributed by atoms with Crippen LogP contribution in [0.15, 0.2) is 42.5 Å². The lowest BCUT2D eigenvalue weighted by atomic mass is 9.68. The number of halogens is 1. The van der Waals surface area contributed by atoms with Gasteiger partial charge in [-0.3, -0.25) is 4.79 Å². The second-order valence-corrected chi connectivity index (χ2v) is 11.4. The molecule has 0 spiro atoms. The van der Waals surface area contributed by atoms with Crippen LogP contribution in [0.25, 0.3) is 0 Å². The number of nitrogens with one attached hydrogen (secondary N) is 1. The van der Waals surface area contributed by atoms with E-state index in [1.165, 1.54) is 30.4 Å². The number of carbonyl (C=O) groups is 1. The molecular weight excluding hydrogens is 404 g/mol. The fraction of sp³-hybridized carbons (Fsp3) is 0.519. The van der Waals surface area contributed by atoms with Gasteiger partial charge in [0.15, 0.2) is 0 Å². The van der Waals surface area contributed by atoms with Crippen molar-refractivity contribution in [1.29, 1.82) is 0 Å². The molecule has 164 valence electrons. The highest BCUT2D eigenvalue weighted by Gasteiger charge is 2.60. The maximum Gasteiger partial charge on any atom is 0.243 e.